The van der Waals surface area contributed by atoms with E-state index in [2.05, 4.69) is 20.1 Å². The van der Waals surface area contributed by atoms with Crippen LogP contribution in [0.25, 0.3) is 0 Å². The summed E-state index contributed by atoms with van der Waals surface area (Å²) >= 11 is 0. The van der Waals surface area contributed by atoms with E-state index in [0.29, 0.717) is 11.7 Å². The molecule has 1 saturated heterocycles. The highest BCUT2D eigenvalue weighted by Crippen LogP contribution is 2.29. The second kappa shape index (κ2) is 7.17. The molecule has 0 atom stereocenters. The van der Waals surface area contributed by atoms with Crippen molar-refractivity contribution in [2.24, 2.45) is 0 Å². The maximum absolute atomic E-state index is 12.7. The number of piperidine rings is 1. The van der Waals surface area contributed by atoms with E-state index in [-0.39, 0.29) is 18.3 Å². The van der Waals surface area contributed by atoms with Gasteiger partial charge in [0.15, 0.2) is 5.76 Å². The Morgan fingerprint density at radius 2 is 2.00 bits per heavy atom. The van der Waals surface area contributed by atoms with Crippen molar-refractivity contribution in [3.05, 3.63) is 34.8 Å². The van der Waals surface area contributed by atoms with Gasteiger partial charge in [-0.2, -0.15) is 0 Å². The third-order valence-electron chi connectivity index (χ3n) is 5.03. The highest BCUT2D eigenvalue weighted by molar-refractivity contribution is 5.93. The van der Waals surface area contributed by atoms with Crippen LogP contribution in [0.15, 0.2) is 10.5 Å². The van der Waals surface area contributed by atoms with Crippen molar-refractivity contribution in [2.45, 2.75) is 45.7 Å². The molecule has 1 amide bonds. The summed E-state index contributed by atoms with van der Waals surface area (Å²) < 4.78 is 7.83. The molecule has 0 saturated carbocycles. The average Bonchev–Trinajstić information content (AvgIpc) is 3.17. The fraction of sp³-hybridized carbons (Fsp3) is 0.588. The molecule has 1 fully saturated rings. The van der Waals surface area contributed by atoms with E-state index in [1.165, 1.54) is 0 Å². The molecule has 8 heteroatoms. The smallest absolute Gasteiger partial charge is 0.289 e. The number of nitrogens with zero attached hydrogens (tertiary/aromatic N) is 4. The van der Waals surface area contributed by atoms with Crippen molar-refractivity contribution < 1.29 is 9.21 Å². The van der Waals surface area contributed by atoms with Gasteiger partial charge in [-0.15, -0.1) is 22.6 Å². The van der Waals surface area contributed by atoms with E-state index in [9.17, 15) is 4.79 Å². The van der Waals surface area contributed by atoms with Crippen molar-refractivity contribution in [3.63, 3.8) is 0 Å². The number of likely N-dealkylation sites (tertiary alicyclic amines) is 1. The van der Waals surface area contributed by atoms with Gasteiger partial charge in [-0.05, 0) is 32.8 Å². The van der Waals surface area contributed by atoms with Gasteiger partial charge in [-0.1, -0.05) is 0 Å². The van der Waals surface area contributed by atoms with E-state index in [4.69, 9.17) is 4.42 Å². The molecule has 2 aliphatic heterocycles. The maximum atomic E-state index is 12.7. The number of aromatic nitrogens is 3. The van der Waals surface area contributed by atoms with Gasteiger partial charge < -0.3 is 19.2 Å². The van der Waals surface area contributed by atoms with Gasteiger partial charge in [-0.3, -0.25) is 4.79 Å². The van der Waals surface area contributed by atoms with Gasteiger partial charge in [0.25, 0.3) is 5.91 Å². The molecule has 2 aliphatic rings. The summed E-state index contributed by atoms with van der Waals surface area (Å²) in [6.07, 6.45) is 1.85. The Labute approximate surface area is 153 Å². The summed E-state index contributed by atoms with van der Waals surface area (Å²) in [5, 5.41) is 12.0. The number of aryl methyl sites for hydroxylation is 2. The molecule has 0 aliphatic carbocycles. The molecule has 136 valence electrons. The summed E-state index contributed by atoms with van der Waals surface area (Å²) in [5.41, 5.74) is 0.915. The van der Waals surface area contributed by atoms with Crippen molar-refractivity contribution in [3.8, 4) is 0 Å². The molecular formula is C17H24ClN5O2. The second-order valence-electron chi connectivity index (χ2n) is 6.74. The average molecular weight is 366 g/mol. The topological polar surface area (TPSA) is 76.2 Å². The fourth-order valence-corrected chi connectivity index (χ4v) is 3.75. The van der Waals surface area contributed by atoms with Crippen LogP contribution in [-0.2, 0) is 13.1 Å². The number of carbonyl (C=O) groups excluding carboxylic acids is 1. The molecule has 0 aromatic carbocycles. The summed E-state index contributed by atoms with van der Waals surface area (Å²) in [6.45, 7) is 7.97. The first-order chi connectivity index (χ1) is 11.6. The van der Waals surface area contributed by atoms with Crippen LogP contribution in [0.4, 0.5) is 0 Å². The van der Waals surface area contributed by atoms with Gasteiger partial charge in [0.2, 0.25) is 0 Å². The Kier molecular flexibility index (Phi) is 5.15. The van der Waals surface area contributed by atoms with Crippen molar-refractivity contribution in [1.82, 2.24) is 25.0 Å². The molecular weight excluding hydrogens is 342 g/mol. The van der Waals surface area contributed by atoms with Crippen LogP contribution in [0.1, 0.15) is 52.3 Å². The molecule has 0 radical (unpaired) electrons. The van der Waals surface area contributed by atoms with Crippen LogP contribution in [-0.4, -0.2) is 45.2 Å². The molecule has 25 heavy (non-hydrogen) atoms. The van der Waals surface area contributed by atoms with Crippen LogP contribution in [0.5, 0.6) is 0 Å². The Balaban J connectivity index is 0.00000182. The van der Waals surface area contributed by atoms with Crippen LogP contribution in [0, 0.1) is 13.8 Å². The Morgan fingerprint density at radius 3 is 2.68 bits per heavy atom. The molecule has 0 bridgehead atoms. The van der Waals surface area contributed by atoms with E-state index in [0.717, 1.165) is 68.5 Å². The Morgan fingerprint density at radius 1 is 1.24 bits per heavy atom. The molecule has 2 aromatic rings. The van der Waals surface area contributed by atoms with E-state index in [1.54, 1.807) is 0 Å². The zero-order valence-electron chi connectivity index (χ0n) is 14.6. The van der Waals surface area contributed by atoms with Gasteiger partial charge in [0, 0.05) is 37.7 Å². The molecule has 7 nitrogen and oxygen atoms in total. The lowest BCUT2D eigenvalue weighted by Gasteiger charge is -2.31. The SMILES string of the molecule is Cc1cc(C)c(C(=O)N2CCC(c3nnc4n3CCNC4)CC2)o1.Cl. The highest BCUT2D eigenvalue weighted by atomic mass is 35.5. The lowest BCUT2D eigenvalue weighted by atomic mass is 9.95. The minimum Gasteiger partial charge on any atom is -0.456 e. The molecule has 4 rings (SSSR count). The van der Waals surface area contributed by atoms with E-state index in [1.807, 2.05) is 24.8 Å². The van der Waals surface area contributed by atoms with Crippen molar-refractivity contribution in [2.75, 3.05) is 19.6 Å². The molecule has 4 heterocycles. The van der Waals surface area contributed by atoms with Gasteiger partial charge in [0.1, 0.15) is 17.4 Å². The minimum atomic E-state index is 0. The number of carbonyl (C=O) groups is 1. The lowest BCUT2D eigenvalue weighted by molar-refractivity contribution is 0.0675. The summed E-state index contributed by atoms with van der Waals surface area (Å²) in [4.78, 5) is 14.6. The largest absolute Gasteiger partial charge is 0.456 e. The molecule has 2 aromatic heterocycles. The number of amides is 1. The standard InChI is InChI=1S/C17H23N5O2.ClH/c1-11-9-12(2)24-15(11)17(23)21-6-3-13(4-7-21)16-20-19-14-10-18-5-8-22(14)16;/h9,13,18H,3-8,10H2,1-2H3;1H. The normalized spacial score (nSPS) is 17.9. The number of furan rings is 1. The Hall–Kier alpha value is -1.86. The molecule has 1 N–H and O–H groups in total. The van der Waals surface area contributed by atoms with Crippen LogP contribution >= 0.6 is 12.4 Å². The molecule has 0 spiro atoms. The van der Waals surface area contributed by atoms with E-state index < -0.39 is 0 Å². The van der Waals surface area contributed by atoms with Crippen LogP contribution in [0.2, 0.25) is 0 Å². The summed E-state index contributed by atoms with van der Waals surface area (Å²) in [6, 6.07) is 1.91. The Bertz CT molecular complexity index is 761. The van der Waals surface area contributed by atoms with Gasteiger partial charge in [0.05, 0.1) is 6.54 Å². The number of hydrogen-bond donors (Lipinski definition) is 1. The quantitative estimate of drug-likeness (QED) is 0.881. The first kappa shape index (κ1) is 17.9. The summed E-state index contributed by atoms with van der Waals surface area (Å²) in [5.74, 6) is 3.77. The lowest BCUT2D eigenvalue weighted by Crippen LogP contribution is -2.39. The zero-order chi connectivity index (χ0) is 16.7. The number of rotatable bonds is 2. The number of fused-ring (bicyclic) bond motifs is 1. The number of halogens is 1. The number of hydrogen-bond acceptors (Lipinski definition) is 5. The fourth-order valence-electron chi connectivity index (χ4n) is 3.75. The first-order valence-corrected chi connectivity index (χ1v) is 8.62. The third kappa shape index (κ3) is 3.30. The third-order valence-corrected chi connectivity index (χ3v) is 5.03. The predicted octanol–water partition coefficient (Wildman–Crippen LogP) is 2.03. The minimum absolute atomic E-state index is 0. The highest BCUT2D eigenvalue weighted by Gasteiger charge is 2.30. The summed E-state index contributed by atoms with van der Waals surface area (Å²) in [7, 11) is 0. The maximum Gasteiger partial charge on any atom is 0.289 e. The van der Waals surface area contributed by atoms with Gasteiger partial charge in [-0.25, -0.2) is 0 Å². The van der Waals surface area contributed by atoms with Crippen LogP contribution < -0.4 is 5.32 Å². The number of nitrogens with one attached hydrogen (secondary N) is 1. The second-order valence-corrected chi connectivity index (χ2v) is 6.74. The van der Waals surface area contributed by atoms with Gasteiger partial charge >= 0.3 is 0 Å². The van der Waals surface area contributed by atoms with Crippen LogP contribution in [0.3, 0.4) is 0 Å². The molecule has 0 unspecified atom stereocenters. The zero-order valence-corrected chi connectivity index (χ0v) is 15.4. The van der Waals surface area contributed by atoms with E-state index >= 15 is 0 Å². The predicted molar refractivity (Wildman–Crippen MR) is 95.0 cm³/mol. The first-order valence-electron chi connectivity index (χ1n) is 8.62. The monoisotopic (exact) mass is 365 g/mol. The van der Waals surface area contributed by atoms with Crippen molar-refractivity contribution >= 4 is 18.3 Å². The van der Waals surface area contributed by atoms with Crippen molar-refractivity contribution in [1.29, 1.82) is 0 Å².